The van der Waals surface area contributed by atoms with Gasteiger partial charge in [-0.2, -0.15) is 0 Å². The number of rotatable bonds is 2. The number of aromatic nitrogens is 2. The molecule has 1 saturated heterocycles. The van der Waals surface area contributed by atoms with Gasteiger partial charge >= 0.3 is 0 Å². The minimum Gasteiger partial charge on any atom is -0.397 e. The second kappa shape index (κ2) is 6.18. The third kappa shape index (κ3) is 2.94. The number of hydrogen-bond donors (Lipinski definition) is 1. The first-order valence-electron chi connectivity index (χ1n) is 8.31. The van der Waals surface area contributed by atoms with Crippen molar-refractivity contribution in [3.05, 3.63) is 48.3 Å². The molecule has 7 heteroatoms. The van der Waals surface area contributed by atoms with Gasteiger partial charge in [0.05, 0.1) is 16.9 Å². The lowest BCUT2D eigenvalue weighted by Gasteiger charge is -2.32. The molecule has 0 amide bonds. The second-order valence-electron chi connectivity index (χ2n) is 6.33. The Bertz CT molecular complexity index is 915. The zero-order valence-corrected chi connectivity index (χ0v) is 14.1. The van der Waals surface area contributed by atoms with Crippen LogP contribution in [-0.2, 0) is 4.79 Å². The minimum atomic E-state index is -0.115. The molecule has 128 valence electrons. The monoisotopic (exact) mass is 336 g/mol. The van der Waals surface area contributed by atoms with E-state index in [1.54, 1.807) is 6.08 Å². The number of aliphatic imine (C=N–C) groups is 1. The summed E-state index contributed by atoms with van der Waals surface area (Å²) in [6, 6.07) is 5.90. The molecular weight excluding hydrogens is 316 g/mol. The first-order valence-corrected chi connectivity index (χ1v) is 8.31. The van der Waals surface area contributed by atoms with E-state index in [4.69, 9.17) is 15.8 Å². The van der Waals surface area contributed by atoms with Gasteiger partial charge in [-0.05, 0) is 31.3 Å². The molecule has 2 aliphatic rings. The van der Waals surface area contributed by atoms with Crippen LogP contribution in [0.3, 0.4) is 0 Å². The van der Waals surface area contributed by atoms with Crippen LogP contribution in [0, 0.1) is 0 Å². The molecule has 0 aromatic carbocycles. The molecule has 1 aliphatic heterocycles. The standard InChI is InChI=1S/C18H20N6O/c1-22-8-10-23(11-9-22)18-17(16-4-2-3-7-24(16)21-18)20-15-6-5-13(25)12-14(15)19/h2-7,12H,8-11,19H2,1H3/b20-15+. The van der Waals surface area contributed by atoms with Gasteiger partial charge in [0, 0.05) is 38.5 Å². The van der Waals surface area contributed by atoms with E-state index in [9.17, 15) is 4.79 Å². The average Bonchev–Trinajstić information content (AvgIpc) is 2.97. The summed E-state index contributed by atoms with van der Waals surface area (Å²) in [5.74, 6) is 0.737. The Balaban J connectivity index is 1.81. The van der Waals surface area contributed by atoms with E-state index < -0.39 is 0 Å². The number of anilines is 1. The molecule has 25 heavy (non-hydrogen) atoms. The fourth-order valence-electron chi connectivity index (χ4n) is 3.07. The molecular formula is C18H20N6O. The van der Waals surface area contributed by atoms with Crippen LogP contribution in [0.25, 0.3) is 5.52 Å². The summed E-state index contributed by atoms with van der Waals surface area (Å²) in [5.41, 5.74) is 8.67. The predicted molar refractivity (Wildman–Crippen MR) is 98.4 cm³/mol. The van der Waals surface area contributed by atoms with Crippen LogP contribution in [0.4, 0.5) is 11.5 Å². The van der Waals surface area contributed by atoms with Crippen molar-refractivity contribution in [1.82, 2.24) is 14.5 Å². The van der Waals surface area contributed by atoms with E-state index in [1.165, 1.54) is 12.2 Å². The summed E-state index contributed by atoms with van der Waals surface area (Å²) in [5, 5.41) is 4.73. The average molecular weight is 336 g/mol. The third-order valence-corrected chi connectivity index (χ3v) is 4.53. The first kappa shape index (κ1) is 15.6. The Morgan fingerprint density at radius 3 is 2.72 bits per heavy atom. The number of carbonyl (C=O) groups is 1. The van der Waals surface area contributed by atoms with E-state index in [0.717, 1.165) is 43.2 Å². The Morgan fingerprint density at radius 1 is 1.16 bits per heavy atom. The number of ketones is 1. The highest BCUT2D eigenvalue weighted by atomic mass is 16.1. The fraction of sp³-hybridized carbons (Fsp3) is 0.278. The van der Waals surface area contributed by atoms with Crippen LogP contribution in [0.15, 0.2) is 53.3 Å². The van der Waals surface area contributed by atoms with Crippen LogP contribution in [0.2, 0.25) is 0 Å². The Kier molecular flexibility index (Phi) is 3.85. The summed E-state index contributed by atoms with van der Waals surface area (Å²) in [4.78, 5) is 20.8. The lowest BCUT2D eigenvalue weighted by molar-refractivity contribution is -0.110. The van der Waals surface area contributed by atoms with Gasteiger partial charge in [0.2, 0.25) is 0 Å². The first-order chi connectivity index (χ1) is 12.1. The van der Waals surface area contributed by atoms with Gasteiger partial charge in [0.25, 0.3) is 0 Å². The molecule has 1 fully saturated rings. The number of nitrogens with zero attached hydrogens (tertiary/aromatic N) is 5. The highest BCUT2D eigenvalue weighted by Crippen LogP contribution is 2.33. The van der Waals surface area contributed by atoms with E-state index >= 15 is 0 Å². The van der Waals surface area contributed by atoms with E-state index in [1.807, 2.05) is 28.9 Å². The Labute approximate surface area is 145 Å². The van der Waals surface area contributed by atoms with Crippen LogP contribution < -0.4 is 10.6 Å². The van der Waals surface area contributed by atoms with E-state index in [2.05, 4.69) is 16.8 Å². The van der Waals surface area contributed by atoms with Crippen molar-refractivity contribution in [3.63, 3.8) is 0 Å². The number of likely N-dealkylation sites (N-methyl/N-ethyl adjacent to an activating group) is 1. The molecule has 0 bridgehead atoms. The van der Waals surface area contributed by atoms with Crippen molar-refractivity contribution >= 4 is 28.5 Å². The summed E-state index contributed by atoms with van der Waals surface area (Å²) < 4.78 is 1.84. The topological polar surface area (TPSA) is 79.2 Å². The number of nitrogens with two attached hydrogens (primary N) is 1. The number of hydrogen-bond acceptors (Lipinski definition) is 6. The highest BCUT2D eigenvalue weighted by Gasteiger charge is 2.22. The summed E-state index contributed by atoms with van der Waals surface area (Å²) in [6.07, 6.45) is 6.46. The molecule has 0 spiro atoms. The van der Waals surface area contributed by atoms with Gasteiger partial charge in [-0.3, -0.25) is 4.79 Å². The van der Waals surface area contributed by atoms with Gasteiger partial charge in [0.15, 0.2) is 11.6 Å². The van der Waals surface area contributed by atoms with Crippen molar-refractivity contribution in [3.8, 4) is 0 Å². The molecule has 2 aromatic rings. The van der Waals surface area contributed by atoms with Crippen LogP contribution in [0.1, 0.15) is 0 Å². The van der Waals surface area contributed by atoms with Gasteiger partial charge in [-0.1, -0.05) is 6.07 Å². The smallest absolute Gasteiger partial charge is 0.180 e. The number of allylic oxidation sites excluding steroid dienone is 3. The predicted octanol–water partition coefficient (Wildman–Crippen LogP) is 1.14. The number of fused-ring (bicyclic) bond motifs is 1. The molecule has 4 rings (SSSR count). The SMILES string of the molecule is CN1CCN(c2nn3ccccc3c2/N=C2\C=CC(=O)C=C2N)CC1. The molecule has 0 unspecified atom stereocenters. The lowest BCUT2D eigenvalue weighted by Crippen LogP contribution is -2.44. The van der Waals surface area contributed by atoms with Crippen LogP contribution >= 0.6 is 0 Å². The van der Waals surface area contributed by atoms with Gasteiger partial charge in [0.1, 0.15) is 5.69 Å². The zero-order chi connectivity index (χ0) is 17.4. The summed E-state index contributed by atoms with van der Waals surface area (Å²) in [6.45, 7) is 3.77. The summed E-state index contributed by atoms with van der Waals surface area (Å²) in [7, 11) is 2.12. The number of piperazine rings is 1. The molecule has 1 aliphatic carbocycles. The lowest BCUT2D eigenvalue weighted by atomic mass is 10.1. The quantitative estimate of drug-likeness (QED) is 0.832. The second-order valence-corrected chi connectivity index (χ2v) is 6.33. The van der Waals surface area contributed by atoms with Crippen molar-refractivity contribution < 1.29 is 4.79 Å². The molecule has 0 atom stereocenters. The molecule has 2 aromatic heterocycles. The van der Waals surface area contributed by atoms with Crippen molar-refractivity contribution in [1.29, 1.82) is 0 Å². The van der Waals surface area contributed by atoms with E-state index in [0.29, 0.717) is 11.4 Å². The van der Waals surface area contributed by atoms with Gasteiger partial charge in [-0.25, -0.2) is 9.51 Å². The number of pyridine rings is 1. The van der Waals surface area contributed by atoms with Crippen molar-refractivity contribution in [2.45, 2.75) is 0 Å². The third-order valence-electron chi connectivity index (χ3n) is 4.53. The van der Waals surface area contributed by atoms with Gasteiger partial charge in [-0.15, -0.1) is 5.10 Å². The zero-order valence-electron chi connectivity index (χ0n) is 14.1. The maximum Gasteiger partial charge on any atom is 0.180 e. The van der Waals surface area contributed by atoms with E-state index in [-0.39, 0.29) is 5.78 Å². The normalized spacial score (nSPS) is 20.5. The van der Waals surface area contributed by atoms with Crippen molar-refractivity contribution in [2.75, 3.05) is 38.1 Å². The van der Waals surface area contributed by atoms with Gasteiger partial charge < -0.3 is 15.5 Å². The molecule has 2 N–H and O–H groups in total. The maximum atomic E-state index is 11.5. The number of carbonyl (C=O) groups excluding carboxylic acids is 1. The Hall–Kier alpha value is -2.93. The highest BCUT2D eigenvalue weighted by molar-refractivity contribution is 6.20. The minimum absolute atomic E-state index is 0.115. The molecule has 3 heterocycles. The Morgan fingerprint density at radius 2 is 1.96 bits per heavy atom. The molecule has 7 nitrogen and oxygen atoms in total. The van der Waals surface area contributed by atoms with Crippen molar-refractivity contribution in [2.24, 2.45) is 10.7 Å². The molecule has 0 radical (unpaired) electrons. The fourth-order valence-corrected chi connectivity index (χ4v) is 3.07. The largest absolute Gasteiger partial charge is 0.397 e. The van der Waals surface area contributed by atoms with Crippen LogP contribution in [0.5, 0.6) is 0 Å². The molecule has 0 saturated carbocycles. The maximum absolute atomic E-state index is 11.5. The summed E-state index contributed by atoms with van der Waals surface area (Å²) >= 11 is 0. The van der Waals surface area contributed by atoms with Crippen LogP contribution in [-0.4, -0.2) is 59.2 Å².